The molecular weight excluding hydrogens is 368 g/mol. The normalized spacial score (nSPS) is 30.2. The molecule has 6 heteroatoms. The maximum absolute atomic E-state index is 12.3. The molecule has 1 aromatic rings. The number of nitrogens with zero attached hydrogens (tertiary/aromatic N) is 2. The van der Waals surface area contributed by atoms with Gasteiger partial charge >= 0.3 is 6.03 Å². The zero-order valence-electron chi connectivity index (χ0n) is 17.0. The van der Waals surface area contributed by atoms with Crippen LogP contribution in [0.1, 0.15) is 32.1 Å². The lowest BCUT2D eigenvalue weighted by Crippen LogP contribution is -2.58. The van der Waals surface area contributed by atoms with E-state index >= 15 is 0 Å². The number of carbonyl (C=O) groups is 1. The number of amides is 2. The zero-order chi connectivity index (χ0) is 19.3. The molecule has 2 N–H and O–H groups in total. The predicted molar refractivity (Wildman–Crippen MR) is 117 cm³/mol. The van der Waals surface area contributed by atoms with Crippen molar-refractivity contribution in [2.45, 2.75) is 43.0 Å². The van der Waals surface area contributed by atoms with Crippen LogP contribution in [0.15, 0.2) is 29.2 Å². The smallest absolute Gasteiger partial charge is 0.319 e. The summed E-state index contributed by atoms with van der Waals surface area (Å²) in [6.07, 6.45) is 8.78. The van der Waals surface area contributed by atoms with Crippen molar-refractivity contribution in [2.24, 2.45) is 11.8 Å². The molecule has 1 aromatic carbocycles. The molecule has 154 valence electrons. The average molecular weight is 403 g/mol. The Balaban J connectivity index is 1.23. The van der Waals surface area contributed by atoms with E-state index in [2.05, 4.69) is 26.5 Å². The number of likely N-dealkylation sites (tertiary alicyclic amines) is 1. The summed E-state index contributed by atoms with van der Waals surface area (Å²) in [6, 6.07) is 8.40. The third-order valence-electron chi connectivity index (χ3n) is 6.78. The Hall–Kier alpha value is -1.24. The van der Waals surface area contributed by atoms with E-state index < -0.39 is 0 Å². The molecule has 28 heavy (non-hydrogen) atoms. The molecule has 5 nitrogen and oxygen atoms in total. The molecule has 5 rings (SSSR count). The van der Waals surface area contributed by atoms with Crippen LogP contribution in [0.2, 0.25) is 0 Å². The molecule has 4 heterocycles. The van der Waals surface area contributed by atoms with E-state index in [1.807, 2.05) is 24.5 Å². The zero-order valence-corrected chi connectivity index (χ0v) is 17.8. The van der Waals surface area contributed by atoms with Crippen LogP contribution in [0.5, 0.6) is 0 Å². The van der Waals surface area contributed by atoms with E-state index in [0.717, 1.165) is 29.0 Å². The quantitative estimate of drug-likeness (QED) is 0.712. The van der Waals surface area contributed by atoms with Crippen molar-refractivity contribution in [2.75, 3.05) is 50.8 Å². The van der Waals surface area contributed by atoms with Crippen molar-refractivity contribution in [3.63, 3.8) is 0 Å². The molecule has 0 aromatic heterocycles. The average Bonchev–Trinajstić information content (AvgIpc) is 2.74. The maximum Gasteiger partial charge on any atom is 0.319 e. The first-order chi connectivity index (χ1) is 13.7. The second-order valence-corrected chi connectivity index (χ2v) is 9.50. The first kappa shape index (κ1) is 20.0. The molecule has 4 atom stereocenters. The first-order valence-electron chi connectivity index (χ1n) is 10.9. The minimum atomic E-state index is -0.0919. The highest BCUT2D eigenvalue weighted by atomic mass is 32.2. The Morgan fingerprint density at radius 3 is 2.82 bits per heavy atom. The van der Waals surface area contributed by atoms with Crippen LogP contribution < -0.4 is 10.6 Å². The summed E-state index contributed by atoms with van der Waals surface area (Å²) in [6.45, 7) is 7.04. The largest absolute Gasteiger partial charge is 0.336 e. The van der Waals surface area contributed by atoms with E-state index in [1.54, 1.807) is 11.8 Å². The van der Waals surface area contributed by atoms with Gasteiger partial charge in [0.05, 0.1) is 0 Å². The highest BCUT2D eigenvalue weighted by Gasteiger charge is 2.40. The van der Waals surface area contributed by atoms with Gasteiger partial charge in [-0.1, -0.05) is 12.5 Å². The van der Waals surface area contributed by atoms with Crippen molar-refractivity contribution >= 4 is 23.5 Å². The van der Waals surface area contributed by atoms with Crippen LogP contribution in [-0.2, 0) is 0 Å². The molecule has 4 fully saturated rings. The summed E-state index contributed by atoms with van der Waals surface area (Å²) in [5.41, 5.74) is 0.858. The van der Waals surface area contributed by atoms with Crippen molar-refractivity contribution in [1.29, 1.82) is 0 Å². The molecule has 4 aliphatic rings. The number of anilines is 1. The number of rotatable bonds is 6. The van der Waals surface area contributed by atoms with E-state index in [1.165, 1.54) is 64.8 Å². The van der Waals surface area contributed by atoms with Crippen LogP contribution >= 0.6 is 11.8 Å². The topological polar surface area (TPSA) is 47.6 Å². The summed E-state index contributed by atoms with van der Waals surface area (Å²) < 4.78 is 0. The lowest BCUT2D eigenvalue weighted by Gasteiger charge is -2.51. The number of fused-ring (bicyclic) bond motifs is 3. The summed E-state index contributed by atoms with van der Waals surface area (Å²) in [5, 5.41) is 6.09. The van der Waals surface area contributed by atoms with Crippen molar-refractivity contribution in [1.82, 2.24) is 15.1 Å². The van der Waals surface area contributed by atoms with Gasteiger partial charge in [-0.05, 0) is 81.6 Å². The fourth-order valence-electron chi connectivity index (χ4n) is 5.23. The molecule has 0 aliphatic carbocycles. The SMILES string of the molecule is CSc1cccc(NC(=O)NC[C@H]2C[C@@H]3CCN2C[C@@H]3CN2CCCCC2)c1. The van der Waals surface area contributed by atoms with Crippen LogP contribution in [0.25, 0.3) is 0 Å². The lowest BCUT2D eigenvalue weighted by molar-refractivity contribution is -0.0128. The number of urea groups is 1. The monoisotopic (exact) mass is 402 g/mol. The van der Waals surface area contributed by atoms with E-state index in [9.17, 15) is 4.79 Å². The molecule has 2 amide bonds. The number of nitrogens with one attached hydrogen (secondary N) is 2. The number of thioether (sulfide) groups is 1. The number of hydrogen-bond acceptors (Lipinski definition) is 4. The second kappa shape index (κ2) is 9.51. The van der Waals surface area contributed by atoms with Gasteiger partial charge in [0, 0.05) is 36.3 Å². The van der Waals surface area contributed by atoms with Gasteiger partial charge in [0.1, 0.15) is 0 Å². The predicted octanol–water partition coefficient (Wildman–Crippen LogP) is 3.73. The van der Waals surface area contributed by atoms with Crippen LogP contribution in [-0.4, -0.2) is 67.4 Å². The minimum absolute atomic E-state index is 0.0919. The third kappa shape index (κ3) is 5.02. The van der Waals surface area contributed by atoms with Gasteiger partial charge in [-0.3, -0.25) is 4.90 Å². The van der Waals surface area contributed by atoms with Crippen LogP contribution in [0, 0.1) is 11.8 Å². The highest BCUT2D eigenvalue weighted by molar-refractivity contribution is 7.98. The Bertz CT molecular complexity index is 664. The summed E-state index contributed by atoms with van der Waals surface area (Å²) in [5.74, 6) is 1.66. The Morgan fingerprint density at radius 1 is 1.21 bits per heavy atom. The van der Waals surface area contributed by atoms with Gasteiger partial charge in [0.2, 0.25) is 0 Å². The van der Waals surface area contributed by atoms with E-state index in [4.69, 9.17) is 0 Å². The maximum atomic E-state index is 12.3. The first-order valence-corrected chi connectivity index (χ1v) is 12.1. The van der Waals surface area contributed by atoms with E-state index in [0.29, 0.717) is 6.04 Å². The number of hydrogen-bond donors (Lipinski definition) is 2. The molecule has 2 bridgehead atoms. The summed E-state index contributed by atoms with van der Waals surface area (Å²) in [4.78, 5) is 18.8. The molecular formula is C22H34N4OS. The number of carbonyl (C=O) groups excluding carboxylic acids is 1. The fourth-order valence-corrected chi connectivity index (χ4v) is 5.69. The highest BCUT2D eigenvalue weighted by Crippen LogP contribution is 2.36. The second-order valence-electron chi connectivity index (χ2n) is 8.62. The Kier molecular flexibility index (Phi) is 6.81. The van der Waals surface area contributed by atoms with Crippen molar-refractivity contribution in [3.8, 4) is 0 Å². The van der Waals surface area contributed by atoms with Gasteiger partial charge in [-0.15, -0.1) is 11.8 Å². The Morgan fingerprint density at radius 2 is 2.07 bits per heavy atom. The summed E-state index contributed by atoms with van der Waals surface area (Å²) >= 11 is 1.68. The van der Waals surface area contributed by atoms with Gasteiger partial charge in [-0.2, -0.15) is 0 Å². The molecule has 4 saturated heterocycles. The van der Waals surface area contributed by atoms with Gasteiger partial charge in [0.15, 0.2) is 0 Å². The van der Waals surface area contributed by atoms with Gasteiger partial charge in [-0.25, -0.2) is 4.79 Å². The third-order valence-corrected chi connectivity index (χ3v) is 7.51. The summed E-state index contributed by atoms with van der Waals surface area (Å²) in [7, 11) is 0. The van der Waals surface area contributed by atoms with Crippen molar-refractivity contribution < 1.29 is 4.79 Å². The lowest BCUT2D eigenvalue weighted by atomic mass is 9.75. The van der Waals surface area contributed by atoms with Crippen LogP contribution in [0.4, 0.5) is 10.5 Å². The van der Waals surface area contributed by atoms with Crippen LogP contribution in [0.3, 0.4) is 0 Å². The standard InChI is InChI=1S/C22H34N4OS/c1-28-21-7-5-6-19(13-21)24-22(27)23-14-20-12-17-8-11-26(20)16-18(17)15-25-9-3-2-4-10-25/h5-7,13,17-18,20H,2-4,8-12,14-16H2,1H3,(H2,23,24,27)/t17-,18-,20+/m0/s1. The van der Waals surface area contributed by atoms with Gasteiger partial charge in [0.25, 0.3) is 0 Å². The molecule has 4 aliphatic heterocycles. The minimum Gasteiger partial charge on any atom is -0.336 e. The van der Waals surface area contributed by atoms with E-state index in [-0.39, 0.29) is 6.03 Å². The van der Waals surface area contributed by atoms with Crippen molar-refractivity contribution in [3.05, 3.63) is 24.3 Å². The number of piperidine rings is 4. The molecule has 0 saturated carbocycles. The molecule has 1 unspecified atom stereocenters. The molecule has 0 radical (unpaired) electrons. The Labute approximate surface area is 173 Å². The number of benzene rings is 1. The van der Waals surface area contributed by atoms with Gasteiger partial charge < -0.3 is 15.5 Å². The molecule has 0 spiro atoms. The fraction of sp³-hybridized carbons (Fsp3) is 0.682.